The zero-order chi connectivity index (χ0) is 11.9. The van der Waals surface area contributed by atoms with Crippen molar-refractivity contribution in [3.05, 3.63) is 29.8 Å². The smallest absolute Gasteiger partial charge is 0.234 e. The molecule has 1 aromatic carbocycles. The molecular formula is C14H17NO2. The van der Waals surface area contributed by atoms with Crippen LogP contribution in [0.25, 0.3) is 0 Å². The maximum Gasteiger partial charge on any atom is 0.234 e. The summed E-state index contributed by atoms with van der Waals surface area (Å²) in [6.07, 6.45) is 7.65. The van der Waals surface area contributed by atoms with Crippen molar-refractivity contribution in [2.24, 2.45) is 4.99 Å². The highest BCUT2D eigenvalue weighted by Gasteiger charge is 2.16. The Bertz CT molecular complexity index is 387. The Balaban J connectivity index is 1.86. The number of aliphatic imine (C=N–C) groups is 1. The highest BCUT2D eigenvalue weighted by Crippen LogP contribution is 2.24. The molecule has 0 atom stereocenters. The number of isocyanates is 1. The lowest BCUT2D eigenvalue weighted by molar-refractivity contribution is 0.210. The van der Waals surface area contributed by atoms with Crippen LogP contribution in [-0.4, -0.2) is 18.7 Å². The second kappa shape index (κ2) is 6.21. The minimum absolute atomic E-state index is 0.403. The van der Waals surface area contributed by atoms with E-state index in [0.717, 1.165) is 12.2 Å². The van der Waals surface area contributed by atoms with E-state index in [4.69, 9.17) is 4.74 Å². The predicted molar refractivity (Wildman–Crippen MR) is 66.0 cm³/mol. The van der Waals surface area contributed by atoms with Gasteiger partial charge < -0.3 is 4.74 Å². The number of nitrogens with zero attached hydrogens (tertiary/aromatic N) is 1. The largest absolute Gasteiger partial charge is 0.490 e. The van der Waals surface area contributed by atoms with Gasteiger partial charge in [-0.15, -0.1) is 0 Å². The van der Waals surface area contributed by atoms with Crippen molar-refractivity contribution in [3.63, 3.8) is 0 Å². The second-order valence-electron chi connectivity index (χ2n) is 4.39. The summed E-state index contributed by atoms with van der Waals surface area (Å²) in [6.45, 7) is 0.506. The highest BCUT2D eigenvalue weighted by molar-refractivity contribution is 5.33. The van der Waals surface area contributed by atoms with Gasteiger partial charge in [-0.2, -0.15) is 0 Å². The average Bonchev–Trinajstić information content (AvgIpc) is 2.85. The standard InChI is InChI=1S/C14H17NO2/c16-11-15-10-9-12-5-7-14(8-6-12)17-13-3-1-2-4-13/h5-8,13H,1-4,9-10H2. The van der Waals surface area contributed by atoms with Gasteiger partial charge in [-0.1, -0.05) is 12.1 Å². The van der Waals surface area contributed by atoms with Gasteiger partial charge in [-0.05, 0) is 49.8 Å². The van der Waals surface area contributed by atoms with Crippen LogP contribution < -0.4 is 4.74 Å². The Labute approximate surface area is 102 Å². The van der Waals surface area contributed by atoms with Crippen molar-refractivity contribution >= 4 is 6.08 Å². The van der Waals surface area contributed by atoms with E-state index in [9.17, 15) is 4.79 Å². The monoisotopic (exact) mass is 231 g/mol. The average molecular weight is 231 g/mol. The second-order valence-corrected chi connectivity index (χ2v) is 4.39. The molecule has 2 rings (SSSR count). The van der Waals surface area contributed by atoms with Crippen molar-refractivity contribution in [2.75, 3.05) is 6.54 Å². The zero-order valence-corrected chi connectivity index (χ0v) is 9.89. The zero-order valence-electron chi connectivity index (χ0n) is 9.89. The number of hydrogen-bond acceptors (Lipinski definition) is 3. The van der Waals surface area contributed by atoms with E-state index < -0.39 is 0 Å². The van der Waals surface area contributed by atoms with Gasteiger partial charge in [-0.3, -0.25) is 0 Å². The molecule has 1 fully saturated rings. The lowest BCUT2D eigenvalue weighted by Gasteiger charge is -2.13. The number of ether oxygens (including phenoxy) is 1. The Morgan fingerprint density at radius 3 is 2.59 bits per heavy atom. The molecule has 3 nitrogen and oxygen atoms in total. The van der Waals surface area contributed by atoms with Gasteiger partial charge in [0, 0.05) is 0 Å². The van der Waals surface area contributed by atoms with Gasteiger partial charge in [0.25, 0.3) is 0 Å². The van der Waals surface area contributed by atoms with Gasteiger partial charge in [0.05, 0.1) is 12.6 Å². The summed E-state index contributed by atoms with van der Waals surface area (Å²) in [5.74, 6) is 0.944. The van der Waals surface area contributed by atoms with Gasteiger partial charge in [0.1, 0.15) is 5.75 Å². The number of rotatable bonds is 5. The van der Waals surface area contributed by atoms with Crippen molar-refractivity contribution < 1.29 is 9.53 Å². The summed E-state index contributed by atoms with van der Waals surface area (Å²) in [5.41, 5.74) is 1.17. The molecule has 0 aromatic heterocycles. The quantitative estimate of drug-likeness (QED) is 0.577. The molecule has 0 spiro atoms. The van der Waals surface area contributed by atoms with E-state index in [1.54, 1.807) is 6.08 Å². The lowest BCUT2D eigenvalue weighted by atomic mass is 10.1. The van der Waals surface area contributed by atoms with Gasteiger partial charge in [-0.25, -0.2) is 9.79 Å². The van der Waals surface area contributed by atoms with Crippen molar-refractivity contribution in [1.29, 1.82) is 0 Å². The SMILES string of the molecule is O=C=NCCc1ccc(OC2CCCC2)cc1. The fourth-order valence-corrected chi connectivity index (χ4v) is 2.16. The Hall–Kier alpha value is -1.60. The van der Waals surface area contributed by atoms with Crippen LogP contribution in [0.4, 0.5) is 0 Å². The first-order valence-electron chi connectivity index (χ1n) is 6.18. The van der Waals surface area contributed by atoms with Gasteiger partial charge >= 0.3 is 0 Å². The van der Waals surface area contributed by atoms with Crippen LogP contribution in [0, 0.1) is 0 Å². The fourth-order valence-electron chi connectivity index (χ4n) is 2.16. The first-order chi connectivity index (χ1) is 8.38. The first-order valence-corrected chi connectivity index (χ1v) is 6.18. The molecular weight excluding hydrogens is 214 g/mol. The third kappa shape index (κ3) is 3.72. The maximum absolute atomic E-state index is 9.93. The molecule has 0 unspecified atom stereocenters. The first kappa shape index (κ1) is 11.9. The lowest BCUT2D eigenvalue weighted by Crippen LogP contribution is -2.10. The molecule has 0 saturated heterocycles. The Kier molecular flexibility index (Phi) is 4.34. The van der Waals surface area contributed by atoms with E-state index in [-0.39, 0.29) is 0 Å². The molecule has 0 amide bonds. The molecule has 1 aromatic rings. The van der Waals surface area contributed by atoms with E-state index in [1.807, 2.05) is 24.3 Å². The Morgan fingerprint density at radius 2 is 1.94 bits per heavy atom. The van der Waals surface area contributed by atoms with Crippen molar-refractivity contribution in [1.82, 2.24) is 0 Å². The van der Waals surface area contributed by atoms with Crippen LogP contribution in [0.2, 0.25) is 0 Å². The summed E-state index contributed by atoms with van der Waals surface area (Å²) in [7, 11) is 0. The highest BCUT2D eigenvalue weighted by atomic mass is 16.5. The molecule has 90 valence electrons. The van der Waals surface area contributed by atoms with Crippen molar-refractivity contribution in [3.8, 4) is 5.75 Å². The molecule has 0 radical (unpaired) electrons. The molecule has 17 heavy (non-hydrogen) atoms. The molecule has 0 N–H and O–H groups in total. The summed E-state index contributed by atoms with van der Waals surface area (Å²) in [4.78, 5) is 13.5. The van der Waals surface area contributed by atoms with Crippen LogP contribution in [0.5, 0.6) is 5.75 Å². The minimum Gasteiger partial charge on any atom is -0.490 e. The molecule has 1 saturated carbocycles. The van der Waals surface area contributed by atoms with Crippen LogP contribution >= 0.6 is 0 Å². The van der Waals surface area contributed by atoms with Crippen LogP contribution in [0.3, 0.4) is 0 Å². The van der Waals surface area contributed by atoms with Crippen LogP contribution in [0.15, 0.2) is 29.3 Å². The van der Waals surface area contributed by atoms with E-state index in [1.165, 1.54) is 31.2 Å². The van der Waals surface area contributed by atoms with Crippen LogP contribution in [-0.2, 0) is 11.2 Å². The molecule has 0 aliphatic heterocycles. The van der Waals surface area contributed by atoms with Crippen molar-refractivity contribution in [2.45, 2.75) is 38.2 Å². The third-order valence-corrected chi connectivity index (χ3v) is 3.11. The third-order valence-electron chi connectivity index (χ3n) is 3.11. The molecule has 1 aliphatic carbocycles. The molecule has 1 aliphatic rings. The summed E-state index contributed by atoms with van der Waals surface area (Å²) in [6, 6.07) is 8.06. The molecule has 3 heteroatoms. The summed E-state index contributed by atoms with van der Waals surface area (Å²) in [5, 5.41) is 0. The number of benzene rings is 1. The van der Waals surface area contributed by atoms with Crippen LogP contribution in [0.1, 0.15) is 31.2 Å². The van der Waals surface area contributed by atoms with Gasteiger partial charge in [0.15, 0.2) is 0 Å². The van der Waals surface area contributed by atoms with E-state index in [0.29, 0.717) is 12.6 Å². The number of hydrogen-bond donors (Lipinski definition) is 0. The van der Waals surface area contributed by atoms with E-state index >= 15 is 0 Å². The molecule has 0 bridgehead atoms. The van der Waals surface area contributed by atoms with E-state index in [2.05, 4.69) is 4.99 Å². The predicted octanol–water partition coefficient (Wildman–Crippen LogP) is 2.89. The fraction of sp³-hybridized carbons (Fsp3) is 0.500. The summed E-state index contributed by atoms with van der Waals surface area (Å²) >= 11 is 0. The van der Waals surface area contributed by atoms with Gasteiger partial charge in [0.2, 0.25) is 6.08 Å². The Morgan fingerprint density at radius 1 is 1.24 bits per heavy atom. The minimum atomic E-state index is 0.403. The maximum atomic E-state index is 9.93. The number of carbonyl (C=O) groups excluding carboxylic acids is 1. The molecule has 0 heterocycles. The summed E-state index contributed by atoms with van der Waals surface area (Å²) < 4.78 is 5.87. The normalized spacial score (nSPS) is 15.5. The topological polar surface area (TPSA) is 38.7 Å².